The zero-order valence-corrected chi connectivity index (χ0v) is 6.51. The highest BCUT2D eigenvalue weighted by molar-refractivity contribution is 5.66. The second-order valence-corrected chi connectivity index (χ2v) is 2.09. The highest BCUT2D eigenvalue weighted by Gasteiger charge is 1.80. The van der Waals surface area contributed by atoms with E-state index in [9.17, 15) is 4.79 Å². The number of rotatable bonds is 1. The van der Waals surface area contributed by atoms with E-state index in [4.69, 9.17) is 5.11 Å². The first-order chi connectivity index (χ1) is 4.00. The van der Waals surface area contributed by atoms with Crippen LogP contribution in [-0.4, -0.2) is 37.1 Å². The van der Waals surface area contributed by atoms with Gasteiger partial charge in [0.05, 0.1) is 0 Å². The van der Waals surface area contributed by atoms with Gasteiger partial charge in [-0.1, -0.05) is 6.92 Å². The lowest BCUT2D eigenvalue weighted by atomic mass is 10.5. The van der Waals surface area contributed by atoms with E-state index in [-0.39, 0.29) is 6.42 Å². The van der Waals surface area contributed by atoms with Gasteiger partial charge in [-0.2, -0.15) is 0 Å². The van der Waals surface area contributed by atoms with E-state index in [0.29, 0.717) is 0 Å². The molecule has 0 spiro atoms. The molecule has 0 saturated heterocycles. The van der Waals surface area contributed by atoms with Crippen LogP contribution in [0.1, 0.15) is 13.3 Å². The summed E-state index contributed by atoms with van der Waals surface area (Å²) in [6.45, 7) is 1.60. The molecule has 9 heavy (non-hydrogen) atoms. The van der Waals surface area contributed by atoms with E-state index >= 15 is 0 Å². The number of aliphatic carboxylic acids is 1. The number of hydrogen-bond donors (Lipinski definition) is 1. The third-order valence-electron chi connectivity index (χ3n) is 0.302. The second-order valence-electron chi connectivity index (χ2n) is 2.09. The molecule has 1 N–H and O–H groups in total. The molecule has 0 saturated carbocycles. The van der Waals surface area contributed by atoms with Crippen LogP contribution in [0.15, 0.2) is 0 Å². The van der Waals surface area contributed by atoms with E-state index in [2.05, 4.69) is 0 Å². The summed E-state index contributed by atoms with van der Waals surface area (Å²) in [4.78, 5) is 11.4. The molecule has 0 aliphatic heterocycles. The van der Waals surface area contributed by atoms with E-state index in [0.717, 1.165) is 0 Å². The Bertz CT molecular complexity index is 68.7. The maximum atomic E-state index is 9.37. The van der Waals surface area contributed by atoms with Crippen LogP contribution in [0, 0.1) is 0 Å². The molecule has 0 unspecified atom stereocenters. The lowest BCUT2D eigenvalue weighted by Gasteiger charge is -1.90. The Morgan fingerprint density at radius 1 is 1.44 bits per heavy atom. The number of carboxylic acid groups (broad SMARTS) is 1. The van der Waals surface area contributed by atoms with Gasteiger partial charge in [0.2, 0.25) is 0 Å². The van der Waals surface area contributed by atoms with Crippen LogP contribution in [0.25, 0.3) is 0 Å². The van der Waals surface area contributed by atoms with Gasteiger partial charge in [0.15, 0.2) is 0 Å². The molecule has 0 atom stereocenters. The summed E-state index contributed by atoms with van der Waals surface area (Å²) in [6.07, 6.45) is 0.222. The summed E-state index contributed by atoms with van der Waals surface area (Å²) in [6, 6.07) is 0. The molecule has 0 fully saturated rings. The highest BCUT2D eigenvalue weighted by Crippen LogP contribution is 1.67. The van der Waals surface area contributed by atoms with Crippen molar-refractivity contribution in [1.82, 2.24) is 4.90 Å². The Labute approximate surface area is 56.3 Å². The third kappa shape index (κ3) is 107. The maximum absolute atomic E-state index is 9.37. The molecule has 0 aromatic rings. The summed E-state index contributed by atoms with van der Waals surface area (Å²) in [5, 5.41) is 7.72. The van der Waals surface area contributed by atoms with Crippen molar-refractivity contribution < 1.29 is 9.90 Å². The van der Waals surface area contributed by atoms with E-state index in [1.165, 1.54) is 0 Å². The van der Waals surface area contributed by atoms with Crippen molar-refractivity contribution in [3.8, 4) is 0 Å². The van der Waals surface area contributed by atoms with Crippen LogP contribution in [0.5, 0.6) is 0 Å². The molecule has 0 amide bonds. The highest BCUT2D eigenvalue weighted by atomic mass is 16.4. The monoisotopic (exact) mass is 133 g/mol. The first-order valence-corrected chi connectivity index (χ1v) is 2.83. The average molecular weight is 133 g/mol. The summed E-state index contributed by atoms with van der Waals surface area (Å²) in [5.74, 6) is -0.745. The standard InChI is InChI=1S/C3H9N.C3H6O2/c1-4(2)3;1-2-3(4)5/h1-3H3;2H2,1H3,(H,4,5). The van der Waals surface area contributed by atoms with E-state index < -0.39 is 5.97 Å². The fourth-order valence-electron chi connectivity index (χ4n) is 0. The van der Waals surface area contributed by atoms with Gasteiger partial charge in [-0.25, -0.2) is 0 Å². The van der Waals surface area contributed by atoms with Crippen LogP contribution < -0.4 is 0 Å². The van der Waals surface area contributed by atoms with Gasteiger partial charge in [0.25, 0.3) is 0 Å². The minimum absolute atomic E-state index is 0.222. The molecule has 3 heteroatoms. The number of hydrogen-bond acceptors (Lipinski definition) is 2. The largest absolute Gasteiger partial charge is 0.481 e. The molecule has 0 aromatic heterocycles. The zero-order valence-electron chi connectivity index (χ0n) is 6.51. The van der Waals surface area contributed by atoms with Crippen molar-refractivity contribution >= 4 is 5.97 Å². The Kier molecular flexibility index (Phi) is 9.29. The van der Waals surface area contributed by atoms with Crippen molar-refractivity contribution in [2.24, 2.45) is 0 Å². The Balaban J connectivity index is 0. The van der Waals surface area contributed by atoms with Crippen LogP contribution in [0.4, 0.5) is 0 Å². The topological polar surface area (TPSA) is 40.5 Å². The van der Waals surface area contributed by atoms with Gasteiger partial charge >= 0.3 is 5.97 Å². The molecule has 0 aromatic carbocycles. The Hall–Kier alpha value is -0.570. The zero-order chi connectivity index (χ0) is 7.86. The Morgan fingerprint density at radius 3 is 1.56 bits per heavy atom. The summed E-state index contributed by atoms with van der Waals surface area (Å²) in [5.41, 5.74) is 0. The molecule has 0 heterocycles. The van der Waals surface area contributed by atoms with Crippen LogP contribution in [0.2, 0.25) is 0 Å². The van der Waals surface area contributed by atoms with E-state index in [1.54, 1.807) is 6.92 Å². The summed E-state index contributed by atoms with van der Waals surface area (Å²) < 4.78 is 0. The normalized spacial score (nSPS) is 8.11. The first-order valence-electron chi connectivity index (χ1n) is 2.83. The molecule has 0 bridgehead atoms. The van der Waals surface area contributed by atoms with Gasteiger partial charge in [-0.15, -0.1) is 0 Å². The fraction of sp³-hybridized carbons (Fsp3) is 0.833. The molecule has 0 radical (unpaired) electrons. The minimum Gasteiger partial charge on any atom is -0.481 e. The summed E-state index contributed by atoms with van der Waals surface area (Å²) in [7, 11) is 6.00. The molecular weight excluding hydrogens is 118 g/mol. The van der Waals surface area contributed by atoms with Gasteiger partial charge in [-0.05, 0) is 21.1 Å². The minimum atomic E-state index is -0.745. The molecular formula is C6H15NO2. The van der Waals surface area contributed by atoms with Crippen LogP contribution >= 0.6 is 0 Å². The molecule has 0 aliphatic rings. The van der Waals surface area contributed by atoms with Gasteiger partial charge in [0, 0.05) is 6.42 Å². The number of carbonyl (C=O) groups is 1. The SMILES string of the molecule is CCC(=O)O.CN(C)C. The first kappa shape index (κ1) is 11.3. The van der Waals surface area contributed by atoms with Gasteiger partial charge in [-0.3, -0.25) is 4.79 Å². The van der Waals surface area contributed by atoms with Crippen molar-refractivity contribution in [2.45, 2.75) is 13.3 Å². The second kappa shape index (κ2) is 7.43. The van der Waals surface area contributed by atoms with Gasteiger partial charge < -0.3 is 10.0 Å². The van der Waals surface area contributed by atoms with Crippen LogP contribution in [0.3, 0.4) is 0 Å². The van der Waals surface area contributed by atoms with Crippen molar-refractivity contribution in [1.29, 1.82) is 0 Å². The maximum Gasteiger partial charge on any atom is 0.303 e. The average Bonchev–Trinajstić information content (AvgIpc) is 1.65. The lowest BCUT2D eigenvalue weighted by molar-refractivity contribution is -0.136. The molecule has 3 nitrogen and oxygen atoms in total. The van der Waals surface area contributed by atoms with E-state index in [1.807, 2.05) is 26.0 Å². The lowest BCUT2D eigenvalue weighted by Crippen LogP contribution is -1.99. The number of carboxylic acids is 1. The molecule has 56 valence electrons. The van der Waals surface area contributed by atoms with Gasteiger partial charge in [0.1, 0.15) is 0 Å². The molecule has 0 aliphatic carbocycles. The van der Waals surface area contributed by atoms with Crippen molar-refractivity contribution in [3.05, 3.63) is 0 Å². The summed E-state index contributed by atoms with van der Waals surface area (Å²) >= 11 is 0. The van der Waals surface area contributed by atoms with Crippen LogP contribution in [-0.2, 0) is 4.79 Å². The smallest absolute Gasteiger partial charge is 0.303 e. The fourth-order valence-corrected chi connectivity index (χ4v) is 0. The Morgan fingerprint density at radius 2 is 1.56 bits per heavy atom. The quantitative estimate of drug-likeness (QED) is 0.571. The predicted octanol–water partition coefficient (Wildman–Crippen LogP) is 0.659. The predicted molar refractivity (Wildman–Crippen MR) is 37.5 cm³/mol. The molecule has 0 rings (SSSR count). The number of nitrogens with zero attached hydrogens (tertiary/aromatic N) is 1. The third-order valence-corrected chi connectivity index (χ3v) is 0.302. The van der Waals surface area contributed by atoms with Crippen molar-refractivity contribution in [2.75, 3.05) is 21.1 Å². The van der Waals surface area contributed by atoms with Crippen molar-refractivity contribution in [3.63, 3.8) is 0 Å².